The number of nitrogens with one attached hydrogen (secondary N) is 2. The highest BCUT2D eigenvalue weighted by Crippen LogP contribution is 2.55. The van der Waals surface area contributed by atoms with Crippen LogP contribution in [0.2, 0.25) is 0 Å². The first-order valence-electron chi connectivity index (χ1n) is 15.0. The van der Waals surface area contributed by atoms with E-state index < -0.39 is 29.6 Å². The molecular formula is C33H39N3O5. The van der Waals surface area contributed by atoms with Crippen LogP contribution in [0.15, 0.2) is 60.7 Å². The standard InChI is InChI=1S/C33H39N3O5/c1-3-40-25-15-13-24(14-16-25)34-30(37)27-26-17-19-33(41-26)28(27)32(39)36(20-18-22-11-9-21(2)10-12-22)29(33)31(38)35-23-7-5-4-6-8-23/h9-17,19,23,26-29H,3-8,18,20H2,1-2H3,(H,34,37)(H,35,38)/t26-,27-,28-,29-,33-/m1/s1. The van der Waals surface area contributed by atoms with E-state index in [9.17, 15) is 14.4 Å². The second kappa shape index (κ2) is 11.3. The van der Waals surface area contributed by atoms with Crippen molar-refractivity contribution in [1.82, 2.24) is 10.2 Å². The fourth-order valence-corrected chi connectivity index (χ4v) is 7.07. The minimum atomic E-state index is -1.16. The summed E-state index contributed by atoms with van der Waals surface area (Å²) in [6, 6.07) is 14.7. The molecule has 4 aliphatic rings. The maximum absolute atomic E-state index is 14.2. The lowest BCUT2D eigenvalue weighted by Gasteiger charge is -2.34. The van der Waals surface area contributed by atoms with Crippen LogP contribution in [0.5, 0.6) is 5.75 Å². The molecule has 6 rings (SSSR count). The van der Waals surface area contributed by atoms with E-state index >= 15 is 0 Å². The Hall–Kier alpha value is -3.65. The van der Waals surface area contributed by atoms with Gasteiger partial charge in [-0.1, -0.05) is 61.2 Å². The molecule has 0 aromatic heterocycles. The molecule has 1 aliphatic carbocycles. The number of ether oxygens (including phenoxy) is 2. The minimum Gasteiger partial charge on any atom is -0.494 e. The first-order valence-corrected chi connectivity index (χ1v) is 15.0. The smallest absolute Gasteiger partial charge is 0.246 e. The number of anilines is 1. The number of carbonyl (C=O) groups excluding carboxylic acids is 3. The van der Waals surface area contributed by atoms with Crippen molar-refractivity contribution in [1.29, 1.82) is 0 Å². The number of carbonyl (C=O) groups is 3. The number of fused-ring (bicyclic) bond motifs is 1. The summed E-state index contributed by atoms with van der Waals surface area (Å²) in [5.41, 5.74) is 1.72. The fraction of sp³-hybridized carbons (Fsp3) is 0.485. The maximum Gasteiger partial charge on any atom is 0.246 e. The summed E-state index contributed by atoms with van der Waals surface area (Å²) in [5, 5.41) is 6.22. The molecule has 216 valence electrons. The van der Waals surface area contributed by atoms with E-state index in [1.54, 1.807) is 29.2 Å². The zero-order chi connectivity index (χ0) is 28.6. The summed E-state index contributed by atoms with van der Waals surface area (Å²) in [4.78, 5) is 43.5. The minimum absolute atomic E-state index is 0.0992. The molecule has 2 aromatic carbocycles. The lowest BCUT2D eigenvalue weighted by atomic mass is 9.74. The maximum atomic E-state index is 14.2. The highest BCUT2D eigenvalue weighted by molar-refractivity contribution is 6.02. The van der Waals surface area contributed by atoms with E-state index in [0.29, 0.717) is 25.3 Å². The van der Waals surface area contributed by atoms with Crippen LogP contribution in [0.4, 0.5) is 5.69 Å². The van der Waals surface area contributed by atoms with E-state index in [1.807, 2.05) is 26.0 Å². The zero-order valence-electron chi connectivity index (χ0n) is 23.8. The number of aryl methyl sites for hydroxylation is 1. The molecule has 3 fully saturated rings. The van der Waals surface area contributed by atoms with E-state index in [4.69, 9.17) is 9.47 Å². The molecule has 0 unspecified atom stereocenters. The van der Waals surface area contributed by atoms with Crippen molar-refractivity contribution < 1.29 is 23.9 Å². The van der Waals surface area contributed by atoms with Gasteiger partial charge in [-0.05, 0) is 62.9 Å². The number of amides is 3. The van der Waals surface area contributed by atoms with Crippen molar-refractivity contribution in [3.63, 3.8) is 0 Å². The third-order valence-electron chi connectivity index (χ3n) is 9.07. The molecule has 3 amide bonds. The number of rotatable bonds is 9. The third kappa shape index (κ3) is 5.14. The van der Waals surface area contributed by atoms with Crippen molar-refractivity contribution in [2.45, 2.75) is 76.2 Å². The molecule has 3 heterocycles. The highest BCUT2D eigenvalue weighted by atomic mass is 16.5. The van der Waals surface area contributed by atoms with Crippen LogP contribution in [0, 0.1) is 18.8 Å². The Bertz CT molecular complexity index is 1320. The van der Waals surface area contributed by atoms with Crippen LogP contribution in [0.1, 0.15) is 50.2 Å². The second-order valence-electron chi connectivity index (χ2n) is 11.8. The van der Waals surface area contributed by atoms with Crippen LogP contribution in [0.25, 0.3) is 0 Å². The van der Waals surface area contributed by atoms with Gasteiger partial charge in [0.2, 0.25) is 17.7 Å². The SMILES string of the molecule is CCOc1ccc(NC(=O)[C@@H]2[C@H]3C=C[C@@]4(O3)[C@H]2C(=O)N(CCc2ccc(C)cc2)[C@@H]4C(=O)NC2CCCCC2)cc1. The van der Waals surface area contributed by atoms with Crippen LogP contribution in [0.3, 0.4) is 0 Å². The molecule has 2 aromatic rings. The van der Waals surface area contributed by atoms with Crippen molar-refractivity contribution in [3.05, 3.63) is 71.8 Å². The highest BCUT2D eigenvalue weighted by Gasteiger charge is 2.72. The average molecular weight is 558 g/mol. The predicted octanol–water partition coefficient (Wildman–Crippen LogP) is 4.17. The van der Waals surface area contributed by atoms with Gasteiger partial charge in [0, 0.05) is 18.3 Å². The van der Waals surface area contributed by atoms with Gasteiger partial charge in [-0.25, -0.2) is 0 Å². The van der Waals surface area contributed by atoms with Gasteiger partial charge in [0.25, 0.3) is 0 Å². The molecule has 5 atom stereocenters. The molecule has 2 saturated heterocycles. The summed E-state index contributed by atoms with van der Waals surface area (Å²) in [5.74, 6) is -1.43. The first-order chi connectivity index (χ1) is 19.9. The lowest BCUT2D eigenvalue weighted by molar-refractivity contribution is -0.141. The van der Waals surface area contributed by atoms with Gasteiger partial charge in [-0.2, -0.15) is 0 Å². The molecule has 2 bridgehead atoms. The van der Waals surface area contributed by atoms with E-state index in [0.717, 1.165) is 37.0 Å². The number of nitrogens with zero attached hydrogens (tertiary/aromatic N) is 1. The zero-order valence-corrected chi connectivity index (χ0v) is 23.8. The molecule has 1 spiro atoms. The Morgan fingerprint density at radius 2 is 1.76 bits per heavy atom. The predicted molar refractivity (Wildman–Crippen MR) is 155 cm³/mol. The molecule has 8 nitrogen and oxygen atoms in total. The normalized spacial score (nSPS) is 28.5. The summed E-state index contributed by atoms with van der Waals surface area (Å²) < 4.78 is 12.0. The van der Waals surface area contributed by atoms with Crippen LogP contribution >= 0.6 is 0 Å². The van der Waals surface area contributed by atoms with Crippen molar-refractivity contribution in [3.8, 4) is 5.75 Å². The number of likely N-dealkylation sites (tertiary alicyclic amines) is 1. The molecular weight excluding hydrogens is 518 g/mol. The van der Waals surface area contributed by atoms with Gasteiger partial charge >= 0.3 is 0 Å². The Balaban J connectivity index is 1.26. The monoisotopic (exact) mass is 557 g/mol. The van der Waals surface area contributed by atoms with E-state index in [1.165, 1.54) is 12.0 Å². The summed E-state index contributed by atoms with van der Waals surface area (Å²) in [6.07, 6.45) is 9.03. The van der Waals surface area contributed by atoms with Crippen LogP contribution < -0.4 is 15.4 Å². The largest absolute Gasteiger partial charge is 0.494 e. The van der Waals surface area contributed by atoms with E-state index in [2.05, 4.69) is 34.9 Å². The van der Waals surface area contributed by atoms with Crippen molar-refractivity contribution in [2.24, 2.45) is 11.8 Å². The van der Waals surface area contributed by atoms with Crippen LogP contribution in [-0.2, 0) is 25.5 Å². The van der Waals surface area contributed by atoms with Gasteiger partial charge in [-0.3, -0.25) is 14.4 Å². The first kappa shape index (κ1) is 27.5. The summed E-state index contributed by atoms with van der Waals surface area (Å²) >= 11 is 0. The number of hydrogen-bond acceptors (Lipinski definition) is 5. The summed E-state index contributed by atoms with van der Waals surface area (Å²) in [7, 11) is 0. The molecule has 3 aliphatic heterocycles. The van der Waals surface area contributed by atoms with Crippen LogP contribution in [-0.4, -0.2) is 59.6 Å². The Labute approximate surface area is 241 Å². The molecule has 1 saturated carbocycles. The fourth-order valence-electron chi connectivity index (χ4n) is 7.07. The van der Waals surface area contributed by atoms with E-state index in [-0.39, 0.29) is 23.8 Å². The van der Waals surface area contributed by atoms with Gasteiger partial charge in [0.05, 0.1) is 24.5 Å². The van der Waals surface area contributed by atoms with Gasteiger partial charge in [0.1, 0.15) is 17.4 Å². The van der Waals surface area contributed by atoms with Crippen molar-refractivity contribution >= 4 is 23.4 Å². The van der Waals surface area contributed by atoms with Gasteiger partial charge in [0.15, 0.2) is 0 Å². The Kier molecular flexibility index (Phi) is 7.60. The molecule has 8 heteroatoms. The quantitative estimate of drug-likeness (QED) is 0.451. The topological polar surface area (TPSA) is 97.0 Å². The second-order valence-corrected chi connectivity index (χ2v) is 11.8. The van der Waals surface area contributed by atoms with Crippen molar-refractivity contribution in [2.75, 3.05) is 18.5 Å². The number of benzene rings is 2. The molecule has 41 heavy (non-hydrogen) atoms. The van der Waals surface area contributed by atoms with Gasteiger partial charge in [-0.15, -0.1) is 0 Å². The molecule has 0 radical (unpaired) electrons. The Morgan fingerprint density at radius 1 is 1.02 bits per heavy atom. The third-order valence-corrected chi connectivity index (χ3v) is 9.07. The number of hydrogen-bond donors (Lipinski definition) is 2. The molecule has 2 N–H and O–H groups in total. The summed E-state index contributed by atoms with van der Waals surface area (Å²) in [6.45, 7) is 4.89. The van der Waals surface area contributed by atoms with Gasteiger partial charge < -0.3 is 25.0 Å². The lowest BCUT2D eigenvalue weighted by Crippen LogP contribution is -2.56. The average Bonchev–Trinajstić information content (AvgIpc) is 3.62. The Morgan fingerprint density at radius 3 is 2.46 bits per heavy atom.